The van der Waals surface area contributed by atoms with E-state index in [0.717, 1.165) is 0 Å². The van der Waals surface area contributed by atoms with Crippen LogP contribution in [-0.2, 0) is 6.54 Å². The summed E-state index contributed by atoms with van der Waals surface area (Å²) in [5.41, 5.74) is 6.05. The zero-order chi connectivity index (χ0) is 13.0. The minimum absolute atomic E-state index is 0.00101. The van der Waals surface area contributed by atoms with Crippen molar-refractivity contribution in [1.82, 2.24) is 19.9 Å². The van der Waals surface area contributed by atoms with E-state index in [0.29, 0.717) is 17.9 Å². The molecule has 0 aliphatic rings. The van der Waals surface area contributed by atoms with Crippen LogP contribution in [0.2, 0.25) is 0 Å². The molecule has 6 nitrogen and oxygen atoms in total. The zero-order valence-corrected chi connectivity index (χ0v) is 10.1. The van der Waals surface area contributed by atoms with Crippen LogP contribution in [0.5, 0.6) is 0 Å². The third kappa shape index (κ3) is 3.07. The average Bonchev–Trinajstić information content (AvgIpc) is 2.81. The molecule has 0 saturated carbocycles. The molecule has 0 spiro atoms. The summed E-state index contributed by atoms with van der Waals surface area (Å²) in [5.74, 6) is 0.182. The number of aromatic nitrogens is 3. The van der Waals surface area contributed by atoms with E-state index in [1.807, 2.05) is 17.7 Å². The molecule has 2 rings (SSSR count). The Bertz CT molecular complexity index is 523. The van der Waals surface area contributed by atoms with Gasteiger partial charge in [-0.05, 0) is 19.1 Å². The van der Waals surface area contributed by atoms with Crippen molar-refractivity contribution in [1.29, 1.82) is 0 Å². The first-order valence-corrected chi connectivity index (χ1v) is 5.63. The lowest BCUT2D eigenvalue weighted by Gasteiger charge is -2.14. The van der Waals surface area contributed by atoms with E-state index >= 15 is 0 Å². The topological polar surface area (TPSA) is 85.8 Å². The highest BCUT2D eigenvalue weighted by molar-refractivity contribution is 5.94. The number of nitrogens with two attached hydrogens (primary N) is 1. The Labute approximate surface area is 105 Å². The van der Waals surface area contributed by atoms with Crippen LogP contribution in [0.15, 0.2) is 37.1 Å². The molecule has 0 radical (unpaired) electrons. The second-order valence-corrected chi connectivity index (χ2v) is 4.10. The Balaban J connectivity index is 1.95. The van der Waals surface area contributed by atoms with Gasteiger partial charge in [-0.25, -0.2) is 9.97 Å². The number of nitrogens with one attached hydrogen (secondary N) is 1. The van der Waals surface area contributed by atoms with Gasteiger partial charge in [0.2, 0.25) is 0 Å². The molecule has 2 heterocycles. The highest BCUT2D eigenvalue weighted by Gasteiger charge is 2.10. The second-order valence-electron chi connectivity index (χ2n) is 4.10. The monoisotopic (exact) mass is 245 g/mol. The van der Waals surface area contributed by atoms with Crippen LogP contribution < -0.4 is 11.1 Å². The smallest absolute Gasteiger partial charge is 0.251 e. The number of nitrogens with zero attached hydrogens (tertiary/aromatic N) is 3. The molecule has 0 bridgehead atoms. The highest BCUT2D eigenvalue weighted by atomic mass is 16.1. The summed E-state index contributed by atoms with van der Waals surface area (Å²) in [7, 11) is 0. The molecule has 0 aromatic carbocycles. The number of rotatable bonds is 4. The lowest BCUT2D eigenvalue weighted by atomic mass is 10.2. The minimum atomic E-state index is -0.156. The summed E-state index contributed by atoms with van der Waals surface area (Å²) in [6.45, 7) is 2.61. The molecular formula is C12H15N5O. The van der Waals surface area contributed by atoms with E-state index in [-0.39, 0.29) is 11.9 Å². The van der Waals surface area contributed by atoms with E-state index in [2.05, 4.69) is 15.3 Å². The number of anilines is 1. The first kappa shape index (κ1) is 12.1. The van der Waals surface area contributed by atoms with Gasteiger partial charge in [0, 0.05) is 36.7 Å². The summed E-state index contributed by atoms with van der Waals surface area (Å²) in [6, 6.07) is 3.19. The van der Waals surface area contributed by atoms with E-state index < -0.39 is 0 Å². The van der Waals surface area contributed by atoms with Gasteiger partial charge in [0.25, 0.3) is 5.91 Å². The van der Waals surface area contributed by atoms with Crippen LogP contribution in [-0.4, -0.2) is 26.5 Å². The van der Waals surface area contributed by atoms with E-state index in [1.165, 1.54) is 6.20 Å². The minimum Gasteiger partial charge on any atom is -0.384 e. The molecule has 2 aromatic heterocycles. The van der Waals surface area contributed by atoms with Gasteiger partial charge in [0.1, 0.15) is 5.82 Å². The number of hydrogen-bond acceptors (Lipinski definition) is 4. The van der Waals surface area contributed by atoms with Gasteiger partial charge in [0.15, 0.2) is 0 Å². The number of hydrogen-bond donors (Lipinski definition) is 2. The quantitative estimate of drug-likeness (QED) is 0.829. The summed E-state index contributed by atoms with van der Waals surface area (Å²) >= 11 is 0. The third-order valence-corrected chi connectivity index (χ3v) is 2.46. The fourth-order valence-corrected chi connectivity index (χ4v) is 1.65. The van der Waals surface area contributed by atoms with Gasteiger partial charge in [-0.3, -0.25) is 4.79 Å². The maximum absolute atomic E-state index is 11.9. The molecule has 2 aromatic rings. The van der Waals surface area contributed by atoms with Crippen molar-refractivity contribution in [3.05, 3.63) is 42.6 Å². The highest BCUT2D eigenvalue weighted by Crippen LogP contribution is 2.03. The summed E-state index contributed by atoms with van der Waals surface area (Å²) in [4.78, 5) is 19.7. The van der Waals surface area contributed by atoms with Crippen LogP contribution in [0, 0.1) is 0 Å². The second kappa shape index (κ2) is 5.31. The standard InChI is InChI=1S/C12H15N5O/c1-9(7-17-5-4-14-8-17)16-12(18)10-2-3-15-11(13)6-10/h2-6,8-9H,7H2,1H3,(H2,13,15)(H,16,18). The first-order valence-electron chi connectivity index (χ1n) is 5.63. The average molecular weight is 245 g/mol. The lowest BCUT2D eigenvalue weighted by Crippen LogP contribution is -2.35. The number of carbonyl (C=O) groups is 1. The molecule has 94 valence electrons. The first-order chi connectivity index (χ1) is 8.65. The van der Waals surface area contributed by atoms with Crippen molar-refractivity contribution < 1.29 is 4.79 Å². The van der Waals surface area contributed by atoms with E-state index in [4.69, 9.17) is 5.73 Å². The summed E-state index contributed by atoms with van der Waals surface area (Å²) in [5, 5.41) is 2.89. The van der Waals surface area contributed by atoms with Gasteiger partial charge in [0.05, 0.1) is 6.33 Å². The van der Waals surface area contributed by atoms with Gasteiger partial charge in [-0.1, -0.05) is 0 Å². The lowest BCUT2D eigenvalue weighted by molar-refractivity contribution is 0.0936. The number of carbonyl (C=O) groups excluding carboxylic acids is 1. The van der Waals surface area contributed by atoms with Crippen LogP contribution >= 0.6 is 0 Å². The van der Waals surface area contributed by atoms with Gasteiger partial charge >= 0.3 is 0 Å². The van der Waals surface area contributed by atoms with E-state index in [9.17, 15) is 4.79 Å². The third-order valence-electron chi connectivity index (χ3n) is 2.46. The van der Waals surface area contributed by atoms with Crippen molar-refractivity contribution in [2.75, 3.05) is 5.73 Å². The Hall–Kier alpha value is -2.37. The molecule has 0 aliphatic carbocycles. The predicted molar refractivity (Wildman–Crippen MR) is 67.8 cm³/mol. The van der Waals surface area contributed by atoms with Crippen LogP contribution in [0.3, 0.4) is 0 Å². The molecular weight excluding hydrogens is 230 g/mol. The molecule has 1 atom stereocenters. The number of imidazole rings is 1. The van der Waals surface area contributed by atoms with Crippen LogP contribution in [0.1, 0.15) is 17.3 Å². The van der Waals surface area contributed by atoms with Crippen molar-refractivity contribution in [2.45, 2.75) is 19.5 Å². The van der Waals surface area contributed by atoms with Gasteiger partial charge in [-0.15, -0.1) is 0 Å². The number of nitrogen functional groups attached to an aromatic ring is 1. The van der Waals surface area contributed by atoms with Crippen LogP contribution in [0.25, 0.3) is 0 Å². The largest absolute Gasteiger partial charge is 0.384 e. The SMILES string of the molecule is CC(Cn1ccnc1)NC(=O)c1ccnc(N)c1. The zero-order valence-electron chi connectivity index (χ0n) is 10.1. The molecule has 1 amide bonds. The van der Waals surface area contributed by atoms with Crippen molar-refractivity contribution in [2.24, 2.45) is 0 Å². The predicted octanol–water partition coefficient (Wildman–Crippen LogP) is 0.679. The maximum atomic E-state index is 11.9. The van der Waals surface area contributed by atoms with Gasteiger partial charge < -0.3 is 15.6 Å². The van der Waals surface area contributed by atoms with Crippen molar-refractivity contribution >= 4 is 11.7 Å². The molecule has 0 saturated heterocycles. The normalized spacial score (nSPS) is 12.1. The number of amides is 1. The maximum Gasteiger partial charge on any atom is 0.251 e. The molecule has 6 heteroatoms. The molecule has 18 heavy (non-hydrogen) atoms. The van der Waals surface area contributed by atoms with Crippen molar-refractivity contribution in [3.63, 3.8) is 0 Å². The van der Waals surface area contributed by atoms with Crippen LogP contribution in [0.4, 0.5) is 5.82 Å². The Morgan fingerprint density at radius 2 is 2.39 bits per heavy atom. The Morgan fingerprint density at radius 3 is 3.06 bits per heavy atom. The summed E-state index contributed by atoms with van der Waals surface area (Å²) < 4.78 is 1.91. The Morgan fingerprint density at radius 1 is 1.56 bits per heavy atom. The van der Waals surface area contributed by atoms with Crippen molar-refractivity contribution in [3.8, 4) is 0 Å². The summed E-state index contributed by atoms with van der Waals surface area (Å²) in [6.07, 6.45) is 6.79. The molecule has 0 fully saturated rings. The fraction of sp³-hybridized carbons (Fsp3) is 0.250. The Kier molecular flexibility index (Phi) is 3.57. The van der Waals surface area contributed by atoms with E-state index in [1.54, 1.807) is 24.7 Å². The fourth-order valence-electron chi connectivity index (χ4n) is 1.65. The molecule has 1 unspecified atom stereocenters. The molecule has 0 aliphatic heterocycles. The number of pyridine rings is 1. The van der Waals surface area contributed by atoms with Gasteiger partial charge in [-0.2, -0.15) is 0 Å². The molecule has 3 N–H and O–H groups in total.